The zero-order valence-electron chi connectivity index (χ0n) is 25.1. The molecule has 0 aliphatic carbocycles. The molecule has 2 nitrogen and oxygen atoms in total. The molecule has 0 radical (unpaired) electrons. The van der Waals surface area contributed by atoms with Gasteiger partial charge >= 0.3 is 0 Å². The van der Waals surface area contributed by atoms with E-state index in [1.807, 2.05) is 0 Å². The summed E-state index contributed by atoms with van der Waals surface area (Å²) >= 11 is 0. The Bertz CT molecular complexity index is 2270. The Balaban J connectivity index is 1.30. The Kier molecular flexibility index (Phi) is 6.73. The fourth-order valence-electron chi connectivity index (χ4n) is 6.42. The molecule has 45 heavy (non-hydrogen) atoms. The first-order valence-electron chi connectivity index (χ1n) is 15.4. The molecule has 2 heteroatoms. The minimum absolute atomic E-state index is 1.10. The summed E-state index contributed by atoms with van der Waals surface area (Å²) < 4.78 is 0. The highest BCUT2D eigenvalue weighted by atomic mass is 15.2. The lowest BCUT2D eigenvalue weighted by atomic mass is 10.0. The maximum atomic E-state index is 2.38. The molecule has 0 fully saturated rings. The summed E-state index contributed by atoms with van der Waals surface area (Å²) in [6, 6.07) is 63.4. The van der Waals surface area contributed by atoms with Gasteiger partial charge in [0.25, 0.3) is 0 Å². The topological polar surface area (TPSA) is 6.48 Å². The van der Waals surface area contributed by atoms with Crippen LogP contribution >= 0.6 is 0 Å². The summed E-state index contributed by atoms with van der Waals surface area (Å²) in [6.45, 7) is 2.13. The van der Waals surface area contributed by atoms with Gasteiger partial charge in [-0.15, -0.1) is 0 Å². The van der Waals surface area contributed by atoms with Gasteiger partial charge in [0.1, 0.15) is 0 Å². The number of nitrogens with zero attached hydrogens (tertiary/aromatic N) is 2. The number of hydrogen-bond acceptors (Lipinski definition) is 2. The minimum atomic E-state index is 1.10. The number of anilines is 6. The van der Waals surface area contributed by atoms with Crippen molar-refractivity contribution in [1.82, 2.24) is 0 Å². The van der Waals surface area contributed by atoms with Crippen LogP contribution in [0, 0.1) is 6.92 Å². The SMILES string of the molecule is Cc1ccc(N(c2ccc(N(c3ccc4ccccc4c3)c3cccc4ccccc34)cc2)c2cccc3ccccc23)cc1. The first-order chi connectivity index (χ1) is 22.2. The van der Waals surface area contributed by atoms with E-state index in [4.69, 9.17) is 0 Å². The lowest BCUT2D eigenvalue weighted by Crippen LogP contribution is -2.12. The molecule has 0 unspecified atom stereocenters. The van der Waals surface area contributed by atoms with Gasteiger partial charge in [-0.05, 0) is 89.1 Å². The van der Waals surface area contributed by atoms with Crippen LogP contribution in [0.15, 0.2) is 176 Å². The van der Waals surface area contributed by atoms with Gasteiger partial charge in [-0.3, -0.25) is 0 Å². The molecule has 0 amide bonds. The number of aryl methyl sites for hydroxylation is 1. The number of hydrogen-bond donors (Lipinski definition) is 0. The van der Waals surface area contributed by atoms with Crippen molar-refractivity contribution in [2.24, 2.45) is 0 Å². The van der Waals surface area contributed by atoms with Gasteiger partial charge in [0.15, 0.2) is 0 Å². The Labute approximate surface area is 264 Å². The van der Waals surface area contributed by atoms with E-state index in [1.54, 1.807) is 0 Å². The van der Waals surface area contributed by atoms with E-state index in [1.165, 1.54) is 37.9 Å². The first kappa shape index (κ1) is 26.7. The predicted octanol–water partition coefficient (Wildman–Crippen LogP) is 12.4. The molecule has 8 aromatic rings. The monoisotopic (exact) mass is 576 g/mol. The van der Waals surface area contributed by atoms with Crippen molar-refractivity contribution in [1.29, 1.82) is 0 Å². The Morgan fingerprint density at radius 2 is 0.711 bits per heavy atom. The van der Waals surface area contributed by atoms with Crippen LogP contribution in [0.1, 0.15) is 5.56 Å². The average molecular weight is 577 g/mol. The van der Waals surface area contributed by atoms with Crippen LogP contribution in [0.2, 0.25) is 0 Å². The van der Waals surface area contributed by atoms with Crippen molar-refractivity contribution in [3.8, 4) is 0 Å². The van der Waals surface area contributed by atoms with E-state index in [0.29, 0.717) is 0 Å². The Morgan fingerprint density at radius 1 is 0.311 bits per heavy atom. The van der Waals surface area contributed by atoms with Crippen LogP contribution in [0.4, 0.5) is 34.1 Å². The third-order valence-corrected chi connectivity index (χ3v) is 8.66. The smallest absolute Gasteiger partial charge is 0.0540 e. The van der Waals surface area contributed by atoms with Gasteiger partial charge in [0.05, 0.1) is 11.4 Å². The molecule has 0 bridgehead atoms. The summed E-state index contributed by atoms with van der Waals surface area (Å²) in [5.74, 6) is 0. The maximum Gasteiger partial charge on any atom is 0.0540 e. The Hall–Kier alpha value is -5.86. The second-order valence-electron chi connectivity index (χ2n) is 11.6. The molecule has 0 heterocycles. The second kappa shape index (κ2) is 11.3. The van der Waals surface area contributed by atoms with Crippen LogP contribution < -0.4 is 9.80 Å². The van der Waals surface area contributed by atoms with Crippen LogP contribution in [0.3, 0.4) is 0 Å². The fraction of sp³-hybridized carbons (Fsp3) is 0.0233. The molecule has 0 N–H and O–H groups in total. The molecule has 0 atom stereocenters. The normalized spacial score (nSPS) is 11.2. The van der Waals surface area contributed by atoms with Crippen molar-refractivity contribution < 1.29 is 0 Å². The van der Waals surface area contributed by atoms with Crippen molar-refractivity contribution in [3.05, 3.63) is 181 Å². The lowest BCUT2D eigenvalue weighted by Gasteiger charge is -2.29. The van der Waals surface area contributed by atoms with E-state index in [0.717, 1.165) is 34.1 Å². The summed E-state index contributed by atoms with van der Waals surface area (Å²) in [5, 5.41) is 7.34. The number of rotatable bonds is 6. The third-order valence-electron chi connectivity index (χ3n) is 8.66. The van der Waals surface area contributed by atoms with Gasteiger partial charge in [-0.25, -0.2) is 0 Å². The van der Waals surface area contributed by atoms with Gasteiger partial charge in [-0.1, -0.05) is 121 Å². The zero-order chi connectivity index (χ0) is 30.2. The van der Waals surface area contributed by atoms with E-state index in [-0.39, 0.29) is 0 Å². The van der Waals surface area contributed by atoms with Gasteiger partial charge in [0.2, 0.25) is 0 Å². The van der Waals surface area contributed by atoms with Crippen molar-refractivity contribution in [2.45, 2.75) is 6.92 Å². The summed E-state index contributed by atoms with van der Waals surface area (Å²) in [4.78, 5) is 4.75. The van der Waals surface area contributed by atoms with Crippen LogP contribution in [-0.4, -0.2) is 0 Å². The molecular weight excluding hydrogens is 544 g/mol. The third kappa shape index (κ3) is 4.97. The lowest BCUT2D eigenvalue weighted by molar-refractivity contribution is 1.27. The minimum Gasteiger partial charge on any atom is -0.310 e. The fourth-order valence-corrected chi connectivity index (χ4v) is 6.42. The molecule has 0 spiro atoms. The molecular formula is C43H32N2. The molecule has 8 aromatic carbocycles. The van der Waals surface area contributed by atoms with Crippen molar-refractivity contribution in [3.63, 3.8) is 0 Å². The van der Waals surface area contributed by atoms with E-state index < -0.39 is 0 Å². The standard InChI is InChI=1S/C43H32N2/c1-31-20-23-36(24-21-31)44(42-18-8-14-33-11-4-6-16-40(33)42)37-26-28-38(29-27-37)45(39-25-22-32-10-2-3-13-35(32)30-39)43-19-9-15-34-12-5-7-17-41(34)43/h2-30H,1H3. The molecule has 0 saturated heterocycles. The molecule has 0 aliphatic heterocycles. The van der Waals surface area contributed by atoms with Crippen molar-refractivity contribution >= 4 is 66.4 Å². The molecule has 0 saturated carbocycles. The quantitative estimate of drug-likeness (QED) is 0.194. The van der Waals surface area contributed by atoms with Crippen LogP contribution in [-0.2, 0) is 0 Å². The summed E-state index contributed by atoms with van der Waals surface area (Å²) in [7, 11) is 0. The highest BCUT2D eigenvalue weighted by Crippen LogP contribution is 2.43. The molecule has 214 valence electrons. The second-order valence-corrected chi connectivity index (χ2v) is 11.6. The molecule has 8 rings (SSSR count). The molecule has 0 aliphatic rings. The highest BCUT2D eigenvalue weighted by Gasteiger charge is 2.19. The van der Waals surface area contributed by atoms with Gasteiger partial charge in [-0.2, -0.15) is 0 Å². The largest absolute Gasteiger partial charge is 0.310 e. The summed E-state index contributed by atoms with van der Waals surface area (Å²) in [5.41, 5.74) is 8.02. The Morgan fingerprint density at radius 3 is 1.27 bits per heavy atom. The van der Waals surface area contributed by atoms with E-state index in [2.05, 4.69) is 193 Å². The number of benzene rings is 8. The zero-order valence-corrected chi connectivity index (χ0v) is 25.1. The molecule has 0 aromatic heterocycles. The summed E-state index contributed by atoms with van der Waals surface area (Å²) in [6.07, 6.45) is 0. The highest BCUT2D eigenvalue weighted by molar-refractivity contribution is 6.01. The van der Waals surface area contributed by atoms with Crippen LogP contribution in [0.5, 0.6) is 0 Å². The average Bonchev–Trinajstić information content (AvgIpc) is 3.10. The van der Waals surface area contributed by atoms with Gasteiger partial charge in [0, 0.05) is 33.5 Å². The number of fused-ring (bicyclic) bond motifs is 3. The first-order valence-corrected chi connectivity index (χ1v) is 15.4. The van der Waals surface area contributed by atoms with Crippen LogP contribution in [0.25, 0.3) is 32.3 Å². The van der Waals surface area contributed by atoms with Gasteiger partial charge < -0.3 is 9.80 Å². The van der Waals surface area contributed by atoms with E-state index >= 15 is 0 Å². The maximum absolute atomic E-state index is 2.38. The van der Waals surface area contributed by atoms with Crippen molar-refractivity contribution in [2.75, 3.05) is 9.80 Å². The predicted molar refractivity (Wildman–Crippen MR) is 193 cm³/mol. The van der Waals surface area contributed by atoms with E-state index in [9.17, 15) is 0 Å².